The zero-order valence-electron chi connectivity index (χ0n) is 37.9. The first kappa shape index (κ1) is 54.4. The van der Waals surface area contributed by atoms with E-state index < -0.39 is 6.10 Å². The molecule has 0 spiro atoms. The summed E-state index contributed by atoms with van der Waals surface area (Å²) < 4.78 is 16.7. The molecular formula is C50H96O6. The maximum Gasteiger partial charge on any atom is 0.306 e. The molecule has 1 unspecified atom stereocenters. The number of carbonyl (C=O) groups is 3. The highest BCUT2D eigenvalue weighted by atomic mass is 16.6. The molecule has 0 radical (unpaired) electrons. The summed E-state index contributed by atoms with van der Waals surface area (Å²) in [6.45, 7) is 6.62. The molecular weight excluding hydrogens is 697 g/mol. The topological polar surface area (TPSA) is 78.9 Å². The van der Waals surface area contributed by atoms with Gasteiger partial charge < -0.3 is 14.2 Å². The molecule has 0 N–H and O–H groups in total. The van der Waals surface area contributed by atoms with Crippen LogP contribution in [0.5, 0.6) is 0 Å². The summed E-state index contributed by atoms with van der Waals surface area (Å²) in [7, 11) is 0. The molecule has 0 aromatic rings. The number of hydrogen-bond acceptors (Lipinski definition) is 6. The van der Waals surface area contributed by atoms with Gasteiger partial charge in [0, 0.05) is 19.3 Å². The maximum atomic E-state index is 12.7. The van der Waals surface area contributed by atoms with Crippen LogP contribution in [0.25, 0.3) is 0 Å². The van der Waals surface area contributed by atoms with Gasteiger partial charge in [-0.2, -0.15) is 0 Å². The Kier molecular flexibility index (Phi) is 44.8. The van der Waals surface area contributed by atoms with Crippen molar-refractivity contribution < 1.29 is 28.6 Å². The lowest BCUT2D eigenvalue weighted by molar-refractivity contribution is -0.167. The van der Waals surface area contributed by atoms with Crippen LogP contribution in [-0.2, 0) is 28.6 Å². The normalized spacial score (nSPS) is 11.8. The Bertz CT molecular complexity index is 828. The van der Waals surface area contributed by atoms with Gasteiger partial charge in [0.15, 0.2) is 6.10 Å². The van der Waals surface area contributed by atoms with Gasteiger partial charge in [0.05, 0.1) is 0 Å². The van der Waals surface area contributed by atoms with Crippen LogP contribution in [0, 0.1) is 0 Å². The van der Waals surface area contributed by atoms with Crippen LogP contribution in [0.1, 0.15) is 284 Å². The molecule has 0 aromatic carbocycles. The minimum absolute atomic E-state index is 0.0628. The van der Waals surface area contributed by atoms with Crippen LogP contribution in [0.15, 0.2) is 0 Å². The van der Waals surface area contributed by atoms with Gasteiger partial charge in [-0.05, 0) is 19.3 Å². The van der Waals surface area contributed by atoms with Crippen molar-refractivity contribution in [2.75, 3.05) is 13.2 Å². The van der Waals surface area contributed by atoms with E-state index in [0.29, 0.717) is 19.3 Å². The van der Waals surface area contributed by atoms with E-state index in [1.807, 2.05) is 0 Å². The third-order valence-corrected chi connectivity index (χ3v) is 11.4. The highest BCUT2D eigenvalue weighted by molar-refractivity contribution is 5.71. The van der Waals surface area contributed by atoms with Gasteiger partial charge in [-0.3, -0.25) is 14.4 Å². The lowest BCUT2D eigenvalue weighted by Gasteiger charge is -2.18. The van der Waals surface area contributed by atoms with Gasteiger partial charge in [-0.1, -0.05) is 245 Å². The van der Waals surface area contributed by atoms with Crippen molar-refractivity contribution >= 4 is 17.9 Å². The SMILES string of the molecule is CCCCCCCCCCCCCCCCCCC(=O)OCC(COC(=O)CCCCCCCC)OC(=O)CCCCCCCCCCCCCCCCCC. The first-order valence-electron chi connectivity index (χ1n) is 25.0. The fourth-order valence-corrected chi connectivity index (χ4v) is 7.56. The number of rotatable bonds is 46. The number of hydrogen-bond donors (Lipinski definition) is 0. The first-order chi connectivity index (χ1) is 27.5. The minimum Gasteiger partial charge on any atom is -0.462 e. The highest BCUT2D eigenvalue weighted by Gasteiger charge is 2.19. The summed E-state index contributed by atoms with van der Waals surface area (Å²) in [6.07, 6.45) is 48.2. The molecule has 1 atom stereocenters. The lowest BCUT2D eigenvalue weighted by atomic mass is 10.0. The number of esters is 3. The van der Waals surface area contributed by atoms with Crippen molar-refractivity contribution in [3.8, 4) is 0 Å². The summed E-state index contributed by atoms with van der Waals surface area (Å²) in [6, 6.07) is 0. The van der Waals surface area contributed by atoms with E-state index in [0.717, 1.165) is 57.8 Å². The van der Waals surface area contributed by atoms with Crippen molar-refractivity contribution in [2.45, 2.75) is 290 Å². The Hall–Kier alpha value is -1.59. The standard InChI is InChI=1S/C50H96O6/c1-4-7-10-13-16-18-20-22-24-26-28-30-32-34-37-40-43-49(52)55-46-47(45-54-48(51)42-39-36-15-12-9-6-3)56-50(53)44-41-38-35-33-31-29-27-25-23-21-19-17-14-11-8-5-2/h47H,4-46H2,1-3H3. The smallest absolute Gasteiger partial charge is 0.306 e. The zero-order valence-corrected chi connectivity index (χ0v) is 37.9. The maximum absolute atomic E-state index is 12.7. The summed E-state index contributed by atoms with van der Waals surface area (Å²) in [4.78, 5) is 37.7. The molecule has 6 heteroatoms. The molecule has 0 saturated carbocycles. The molecule has 0 fully saturated rings. The van der Waals surface area contributed by atoms with E-state index in [1.165, 1.54) is 186 Å². The molecule has 6 nitrogen and oxygen atoms in total. The highest BCUT2D eigenvalue weighted by Crippen LogP contribution is 2.17. The lowest BCUT2D eigenvalue weighted by Crippen LogP contribution is -2.30. The van der Waals surface area contributed by atoms with Gasteiger partial charge in [0.1, 0.15) is 13.2 Å². The fraction of sp³-hybridized carbons (Fsp3) is 0.940. The Labute approximate surface area is 348 Å². The molecule has 0 amide bonds. The third kappa shape index (κ3) is 43.5. The predicted molar refractivity (Wildman–Crippen MR) is 238 cm³/mol. The largest absolute Gasteiger partial charge is 0.462 e. The Morgan fingerprint density at radius 2 is 0.482 bits per heavy atom. The van der Waals surface area contributed by atoms with Crippen molar-refractivity contribution in [3.05, 3.63) is 0 Å². The van der Waals surface area contributed by atoms with Crippen molar-refractivity contribution in [3.63, 3.8) is 0 Å². The van der Waals surface area contributed by atoms with Gasteiger partial charge >= 0.3 is 17.9 Å². The Morgan fingerprint density at radius 3 is 0.714 bits per heavy atom. The average Bonchev–Trinajstić information content (AvgIpc) is 3.19. The molecule has 0 heterocycles. The van der Waals surface area contributed by atoms with Crippen molar-refractivity contribution in [1.29, 1.82) is 0 Å². The predicted octanol–water partition coefficient (Wildman–Crippen LogP) is 16.0. The van der Waals surface area contributed by atoms with Crippen molar-refractivity contribution in [2.24, 2.45) is 0 Å². The van der Waals surface area contributed by atoms with E-state index >= 15 is 0 Å². The second kappa shape index (κ2) is 46.1. The summed E-state index contributed by atoms with van der Waals surface area (Å²) in [5.74, 6) is -0.854. The van der Waals surface area contributed by atoms with E-state index in [9.17, 15) is 14.4 Å². The van der Waals surface area contributed by atoms with E-state index in [1.54, 1.807) is 0 Å². The van der Waals surface area contributed by atoms with Gasteiger partial charge in [-0.25, -0.2) is 0 Å². The number of carbonyl (C=O) groups excluding carboxylic acids is 3. The second-order valence-corrected chi connectivity index (χ2v) is 17.1. The quantitative estimate of drug-likeness (QED) is 0.0347. The molecule has 0 rings (SSSR count). The van der Waals surface area contributed by atoms with Gasteiger partial charge in [0.25, 0.3) is 0 Å². The minimum atomic E-state index is -0.758. The summed E-state index contributed by atoms with van der Waals surface area (Å²) in [5.41, 5.74) is 0. The molecule has 332 valence electrons. The molecule has 0 aliphatic heterocycles. The van der Waals surface area contributed by atoms with Crippen LogP contribution < -0.4 is 0 Å². The van der Waals surface area contributed by atoms with Gasteiger partial charge in [-0.15, -0.1) is 0 Å². The molecule has 56 heavy (non-hydrogen) atoms. The van der Waals surface area contributed by atoms with Crippen LogP contribution in [0.4, 0.5) is 0 Å². The fourth-order valence-electron chi connectivity index (χ4n) is 7.56. The van der Waals surface area contributed by atoms with Crippen molar-refractivity contribution in [1.82, 2.24) is 0 Å². The third-order valence-electron chi connectivity index (χ3n) is 11.4. The molecule has 0 aromatic heterocycles. The van der Waals surface area contributed by atoms with E-state index in [-0.39, 0.29) is 31.1 Å². The number of unbranched alkanes of at least 4 members (excludes halogenated alkanes) is 35. The van der Waals surface area contributed by atoms with Crippen LogP contribution in [0.2, 0.25) is 0 Å². The monoisotopic (exact) mass is 793 g/mol. The molecule has 0 aliphatic carbocycles. The van der Waals surface area contributed by atoms with Gasteiger partial charge in [0.2, 0.25) is 0 Å². The Balaban J connectivity index is 4.16. The van der Waals surface area contributed by atoms with Crippen LogP contribution in [-0.4, -0.2) is 37.2 Å². The summed E-state index contributed by atoms with van der Waals surface area (Å²) >= 11 is 0. The van der Waals surface area contributed by atoms with E-state index in [2.05, 4.69) is 20.8 Å². The zero-order chi connectivity index (χ0) is 40.8. The average molecular weight is 793 g/mol. The summed E-state index contributed by atoms with van der Waals surface area (Å²) in [5, 5.41) is 0. The molecule has 0 aliphatic rings. The van der Waals surface area contributed by atoms with E-state index in [4.69, 9.17) is 14.2 Å². The number of ether oxygens (including phenoxy) is 3. The van der Waals surface area contributed by atoms with Crippen LogP contribution in [0.3, 0.4) is 0 Å². The second-order valence-electron chi connectivity index (χ2n) is 17.1. The Morgan fingerprint density at radius 1 is 0.286 bits per heavy atom. The first-order valence-corrected chi connectivity index (χ1v) is 25.0. The van der Waals surface area contributed by atoms with Crippen LogP contribution >= 0.6 is 0 Å². The molecule has 0 bridgehead atoms. The molecule has 0 saturated heterocycles.